The number of benzene rings is 2. The third-order valence-corrected chi connectivity index (χ3v) is 6.69. The van der Waals surface area contributed by atoms with Gasteiger partial charge in [-0.2, -0.15) is 0 Å². The van der Waals surface area contributed by atoms with Crippen LogP contribution >= 0.6 is 0 Å². The van der Waals surface area contributed by atoms with Gasteiger partial charge in [-0.15, -0.1) is 0 Å². The second-order valence-electron chi connectivity index (χ2n) is 8.52. The standard InChI is InChI=1S/C23H24O11/c1-3-11-17(27)20(30)21(31)22(34-11)14-16(26)9-4-7-6(2)12(23(32)33)10(24)5-8(7)15(25)13(9)18(28)19(14)29/h5,11,17,20-22,24,26-31H,3-4H2,1-2H3,(H,32,33). The maximum Gasteiger partial charge on any atom is 0.339 e. The van der Waals surface area contributed by atoms with Crippen molar-refractivity contribution in [3.8, 4) is 23.0 Å². The molecule has 1 fully saturated rings. The summed E-state index contributed by atoms with van der Waals surface area (Å²) >= 11 is 0. The number of phenols is 4. The van der Waals surface area contributed by atoms with E-state index in [9.17, 15) is 50.4 Å². The largest absolute Gasteiger partial charge is 0.507 e. The molecule has 182 valence electrons. The number of rotatable bonds is 3. The molecule has 4 rings (SSSR count). The average molecular weight is 476 g/mol. The Bertz CT molecular complexity index is 1220. The number of carbonyl (C=O) groups is 2. The predicted molar refractivity (Wildman–Crippen MR) is 113 cm³/mol. The number of ketones is 1. The van der Waals surface area contributed by atoms with Crippen LogP contribution in [0.1, 0.15) is 68.0 Å². The number of ether oxygens (including phenoxy) is 1. The highest BCUT2D eigenvalue weighted by molar-refractivity contribution is 6.16. The van der Waals surface area contributed by atoms with Crippen molar-refractivity contribution in [2.24, 2.45) is 0 Å². The molecule has 2 aromatic rings. The van der Waals surface area contributed by atoms with Gasteiger partial charge < -0.3 is 45.6 Å². The Morgan fingerprint density at radius 1 is 1.00 bits per heavy atom. The molecule has 1 aliphatic carbocycles. The van der Waals surface area contributed by atoms with Crippen molar-refractivity contribution < 1.29 is 55.2 Å². The van der Waals surface area contributed by atoms with E-state index in [1.54, 1.807) is 6.92 Å². The van der Waals surface area contributed by atoms with E-state index in [-0.39, 0.29) is 35.1 Å². The molecule has 0 amide bonds. The van der Waals surface area contributed by atoms with Crippen molar-refractivity contribution in [1.29, 1.82) is 0 Å². The number of fused-ring (bicyclic) bond motifs is 2. The molecule has 11 nitrogen and oxygen atoms in total. The van der Waals surface area contributed by atoms with Crippen molar-refractivity contribution in [1.82, 2.24) is 0 Å². The van der Waals surface area contributed by atoms with Gasteiger partial charge in [-0.3, -0.25) is 4.79 Å². The molecule has 0 saturated carbocycles. The van der Waals surface area contributed by atoms with E-state index in [4.69, 9.17) is 4.74 Å². The molecule has 0 spiro atoms. The minimum Gasteiger partial charge on any atom is -0.507 e. The third-order valence-electron chi connectivity index (χ3n) is 6.69. The maximum atomic E-state index is 13.2. The van der Waals surface area contributed by atoms with Gasteiger partial charge in [-0.05, 0) is 30.5 Å². The third kappa shape index (κ3) is 3.20. The summed E-state index contributed by atoms with van der Waals surface area (Å²) < 4.78 is 5.62. The highest BCUT2D eigenvalue weighted by Gasteiger charge is 2.47. The van der Waals surface area contributed by atoms with Crippen LogP contribution in [0.2, 0.25) is 0 Å². The number of aromatic carboxylic acids is 1. The zero-order valence-corrected chi connectivity index (χ0v) is 18.2. The number of phenolic OH excluding ortho intramolecular Hbond substituents is 3. The Morgan fingerprint density at radius 3 is 2.24 bits per heavy atom. The van der Waals surface area contributed by atoms with Crippen LogP contribution in [0.25, 0.3) is 0 Å². The van der Waals surface area contributed by atoms with Gasteiger partial charge in [0.2, 0.25) is 0 Å². The topological polar surface area (TPSA) is 205 Å². The van der Waals surface area contributed by atoms with Crippen molar-refractivity contribution in [2.75, 3.05) is 0 Å². The van der Waals surface area contributed by atoms with Gasteiger partial charge in [0.05, 0.1) is 17.2 Å². The lowest BCUT2D eigenvalue weighted by atomic mass is 9.78. The fraction of sp³-hybridized carbons (Fsp3) is 0.391. The quantitative estimate of drug-likeness (QED) is 0.194. The zero-order valence-electron chi connectivity index (χ0n) is 18.2. The first-order valence-corrected chi connectivity index (χ1v) is 10.5. The van der Waals surface area contributed by atoms with Crippen molar-refractivity contribution in [3.05, 3.63) is 45.0 Å². The predicted octanol–water partition coefficient (Wildman–Crippen LogP) is 0.583. The zero-order chi connectivity index (χ0) is 25.2. The van der Waals surface area contributed by atoms with Crippen molar-refractivity contribution in [3.63, 3.8) is 0 Å². The summed E-state index contributed by atoms with van der Waals surface area (Å²) in [7, 11) is 0. The van der Waals surface area contributed by atoms with Crippen molar-refractivity contribution in [2.45, 2.75) is 57.2 Å². The van der Waals surface area contributed by atoms with Gasteiger partial charge in [0, 0.05) is 17.5 Å². The monoisotopic (exact) mass is 476 g/mol. The fourth-order valence-corrected chi connectivity index (χ4v) is 4.85. The van der Waals surface area contributed by atoms with Crippen LogP contribution in [0.15, 0.2) is 6.07 Å². The van der Waals surface area contributed by atoms with E-state index in [1.807, 2.05) is 0 Å². The Balaban J connectivity index is 1.92. The van der Waals surface area contributed by atoms with Gasteiger partial charge in [0.25, 0.3) is 0 Å². The van der Waals surface area contributed by atoms with Gasteiger partial charge in [-0.25, -0.2) is 4.79 Å². The van der Waals surface area contributed by atoms with Gasteiger partial charge in [-0.1, -0.05) is 6.92 Å². The number of aliphatic hydroxyl groups excluding tert-OH is 3. The number of aromatic hydroxyl groups is 4. The summed E-state index contributed by atoms with van der Waals surface area (Å²) in [6.07, 6.45) is -7.49. The summed E-state index contributed by atoms with van der Waals surface area (Å²) in [6.45, 7) is 3.03. The van der Waals surface area contributed by atoms with E-state index in [0.717, 1.165) is 6.07 Å². The van der Waals surface area contributed by atoms with Crippen LogP contribution in [0, 0.1) is 6.92 Å². The lowest BCUT2D eigenvalue weighted by Gasteiger charge is -2.41. The Labute approximate surface area is 192 Å². The smallest absolute Gasteiger partial charge is 0.339 e. The van der Waals surface area contributed by atoms with Gasteiger partial charge in [0.1, 0.15) is 41.5 Å². The number of hydrogen-bond acceptors (Lipinski definition) is 10. The molecule has 1 heterocycles. The Morgan fingerprint density at radius 2 is 1.65 bits per heavy atom. The Kier molecular flexibility index (Phi) is 5.68. The van der Waals surface area contributed by atoms with Crippen LogP contribution in [0.5, 0.6) is 23.0 Å². The summed E-state index contributed by atoms with van der Waals surface area (Å²) in [5.41, 5.74) is -1.36. The molecule has 0 aromatic heterocycles. The van der Waals surface area contributed by atoms with Gasteiger partial charge >= 0.3 is 5.97 Å². The van der Waals surface area contributed by atoms with E-state index >= 15 is 0 Å². The van der Waals surface area contributed by atoms with E-state index < -0.39 is 82.0 Å². The molecule has 5 atom stereocenters. The second kappa shape index (κ2) is 8.13. The SMILES string of the molecule is CCC1OC(c2c(O)c(O)c3c(c2O)Cc2c(cc(O)c(C(=O)O)c2C)C3=O)C(O)C(O)C1O. The molecule has 1 saturated heterocycles. The summed E-state index contributed by atoms with van der Waals surface area (Å²) in [5, 5.41) is 82.8. The molecular formula is C23H24O11. The molecule has 0 radical (unpaired) electrons. The highest BCUT2D eigenvalue weighted by atomic mass is 16.5. The number of carboxylic acids is 1. The minimum atomic E-state index is -1.80. The minimum absolute atomic E-state index is 0.0774. The molecule has 2 aromatic carbocycles. The van der Waals surface area contributed by atoms with Crippen LogP contribution in [0.4, 0.5) is 0 Å². The average Bonchev–Trinajstić information content (AvgIpc) is 2.78. The first kappa shape index (κ1) is 23.8. The summed E-state index contributed by atoms with van der Waals surface area (Å²) in [4.78, 5) is 24.7. The van der Waals surface area contributed by atoms with Crippen LogP contribution in [-0.4, -0.2) is 77.0 Å². The molecule has 8 N–H and O–H groups in total. The summed E-state index contributed by atoms with van der Waals surface area (Å²) in [6, 6.07) is 0.954. The number of hydrogen-bond donors (Lipinski definition) is 8. The number of aliphatic hydroxyl groups is 3. The number of carboxylic acid groups (broad SMARTS) is 1. The molecule has 5 unspecified atom stereocenters. The second-order valence-corrected chi connectivity index (χ2v) is 8.52. The molecule has 34 heavy (non-hydrogen) atoms. The van der Waals surface area contributed by atoms with E-state index in [0.29, 0.717) is 0 Å². The first-order valence-electron chi connectivity index (χ1n) is 10.5. The fourth-order valence-electron chi connectivity index (χ4n) is 4.85. The maximum absolute atomic E-state index is 13.2. The van der Waals surface area contributed by atoms with Gasteiger partial charge in [0.15, 0.2) is 17.3 Å². The lowest BCUT2D eigenvalue weighted by Crippen LogP contribution is -2.53. The molecular weight excluding hydrogens is 452 g/mol. The number of carbonyl (C=O) groups excluding carboxylic acids is 1. The van der Waals surface area contributed by atoms with Crippen LogP contribution in [-0.2, 0) is 11.2 Å². The summed E-state index contributed by atoms with van der Waals surface area (Å²) in [5.74, 6) is -5.52. The first-order chi connectivity index (χ1) is 15.9. The van der Waals surface area contributed by atoms with Crippen molar-refractivity contribution >= 4 is 11.8 Å². The Hall–Kier alpha value is -3.38. The highest BCUT2D eigenvalue weighted by Crippen LogP contribution is 2.52. The normalized spacial score (nSPS) is 26.1. The van der Waals surface area contributed by atoms with Crippen LogP contribution in [0.3, 0.4) is 0 Å². The lowest BCUT2D eigenvalue weighted by molar-refractivity contribution is -0.225. The van der Waals surface area contributed by atoms with E-state index in [2.05, 4.69) is 0 Å². The molecule has 0 bridgehead atoms. The molecule has 2 aliphatic rings. The van der Waals surface area contributed by atoms with Crippen LogP contribution < -0.4 is 0 Å². The molecule has 1 aliphatic heterocycles. The molecule has 11 heteroatoms. The van der Waals surface area contributed by atoms with E-state index in [1.165, 1.54) is 6.92 Å².